The van der Waals surface area contributed by atoms with Crippen LogP contribution in [0.15, 0.2) is 30.3 Å². The van der Waals surface area contributed by atoms with Crippen LogP contribution < -0.4 is 5.73 Å². The van der Waals surface area contributed by atoms with E-state index >= 15 is 0 Å². The van der Waals surface area contributed by atoms with E-state index in [2.05, 4.69) is 45.4 Å². The summed E-state index contributed by atoms with van der Waals surface area (Å²) in [5, 5.41) is 17.6. The van der Waals surface area contributed by atoms with Crippen LogP contribution in [0.25, 0.3) is 0 Å². The third kappa shape index (κ3) is 5.97. The van der Waals surface area contributed by atoms with Crippen molar-refractivity contribution in [3.8, 4) is 0 Å². The molecule has 0 aliphatic carbocycles. The highest BCUT2D eigenvalue weighted by molar-refractivity contribution is 5.85. The van der Waals surface area contributed by atoms with Gasteiger partial charge in [0.25, 0.3) is 0 Å². The van der Waals surface area contributed by atoms with E-state index in [-0.39, 0.29) is 36.8 Å². The van der Waals surface area contributed by atoms with Gasteiger partial charge in [0.15, 0.2) is 0 Å². The Kier molecular flexibility index (Phi) is 8.89. The van der Waals surface area contributed by atoms with Gasteiger partial charge in [-0.3, -0.25) is 10.00 Å². The number of nitrogens with two attached hydrogens (primary N) is 1. The van der Waals surface area contributed by atoms with Crippen molar-refractivity contribution >= 4 is 24.8 Å². The Hall–Kier alpha value is -1.11. The summed E-state index contributed by atoms with van der Waals surface area (Å²) in [6.07, 6.45) is 1.48. The molecule has 0 spiro atoms. The number of hydrogen-bond acceptors (Lipinski definition) is 4. The molecule has 1 fully saturated rings. The third-order valence-corrected chi connectivity index (χ3v) is 4.57. The average Bonchev–Trinajstić information content (AvgIpc) is 3.08. The van der Waals surface area contributed by atoms with Crippen molar-refractivity contribution < 1.29 is 5.11 Å². The maximum absolute atomic E-state index is 10.3. The lowest BCUT2D eigenvalue weighted by Crippen LogP contribution is -2.21. The quantitative estimate of drug-likeness (QED) is 0.710. The van der Waals surface area contributed by atoms with E-state index in [1.54, 1.807) is 0 Å². The molecule has 0 saturated carbocycles. The van der Waals surface area contributed by atoms with Crippen LogP contribution >= 0.6 is 24.8 Å². The molecule has 3 rings (SSSR count). The lowest BCUT2D eigenvalue weighted by Gasteiger charge is -2.15. The monoisotopic (exact) mass is 386 g/mol. The van der Waals surface area contributed by atoms with Crippen LogP contribution in [-0.4, -0.2) is 45.9 Å². The molecule has 0 radical (unpaired) electrons. The molecule has 2 atom stereocenters. The highest BCUT2D eigenvalue weighted by Gasteiger charge is 2.31. The van der Waals surface area contributed by atoms with Crippen molar-refractivity contribution in [2.45, 2.75) is 32.4 Å². The highest BCUT2D eigenvalue weighted by Crippen LogP contribution is 2.23. The Labute approximate surface area is 161 Å². The molecule has 1 saturated heterocycles. The number of nitrogens with one attached hydrogen (secondary N) is 1. The SMILES string of the molecule is Cc1cc(C[C@@H]2CN(Cc3ccc(CCN)cc3)C[C@H]2O)n[nH]1.Cl.Cl. The second-order valence-electron chi connectivity index (χ2n) is 6.62. The molecular weight excluding hydrogens is 359 g/mol. The van der Waals surface area contributed by atoms with Gasteiger partial charge < -0.3 is 10.8 Å². The molecule has 0 amide bonds. The first-order valence-electron chi connectivity index (χ1n) is 8.33. The summed E-state index contributed by atoms with van der Waals surface area (Å²) in [6.45, 7) is 5.22. The zero-order valence-electron chi connectivity index (χ0n) is 14.5. The number of benzene rings is 1. The molecule has 1 aromatic carbocycles. The topological polar surface area (TPSA) is 78.2 Å². The number of aromatic nitrogens is 2. The number of H-pyrrole nitrogens is 1. The normalized spacial score (nSPS) is 20.1. The minimum absolute atomic E-state index is 0. The number of rotatable bonds is 6. The molecule has 2 heterocycles. The first kappa shape index (κ1) is 21.9. The van der Waals surface area contributed by atoms with E-state index in [1.165, 1.54) is 11.1 Å². The smallest absolute Gasteiger partial charge is 0.0711 e. The number of hydrogen-bond donors (Lipinski definition) is 3. The van der Waals surface area contributed by atoms with Crippen LogP contribution in [0, 0.1) is 12.8 Å². The lowest BCUT2D eigenvalue weighted by atomic mass is 10.0. The fraction of sp³-hybridized carbons (Fsp3) is 0.500. The standard InChI is InChI=1S/C18H26N4O.2ClH/c1-13-8-17(21-20-13)9-16-11-22(12-18(16)23)10-15-4-2-14(3-5-15)6-7-19;;/h2-5,8,16,18,23H,6-7,9-12,19H2,1H3,(H,20,21);2*1H/t16-,18-;;/m1../s1. The van der Waals surface area contributed by atoms with Crippen molar-refractivity contribution in [1.82, 2.24) is 15.1 Å². The van der Waals surface area contributed by atoms with Crippen LogP contribution in [0.3, 0.4) is 0 Å². The fourth-order valence-corrected chi connectivity index (χ4v) is 3.36. The summed E-state index contributed by atoms with van der Waals surface area (Å²) in [4.78, 5) is 2.33. The number of aryl methyl sites for hydroxylation is 1. The number of likely N-dealkylation sites (tertiary alicyclic amines) is 1. The molecule has 0 bridgehead atoms. The Balaban J connectivity index is 0.00000156. The maximum atomic E-state index is 10.3. The van der Waals surface area contributed by atoms with E-state index in [9.17, 15) is 5.11 Å². The Morgan fingerprint density at radius 2 is 1.88 bits per heavy atom. The number of halogens is 2. The van der Waals surface area contributed by atoms with Crippen molar-refractivity contribution in [1.29, 1.82) is 0 Å². The first-order valence-corrected chi connectivity index (χ1v) is 8.33. The molecule has 25 heavy (non-hydrogen) atoms. The largest absolute Gasteiger partial charge is 0.391 e. The fourth-order valence-electron chi connectivity index (χ4n) is 3.36. The van der Waals surface area contributed by atoms with Gasteiger partial charge in [0.1, 0.15) is 0 Å². The average molecular weight is 387 g/mol. The summed E-state index contributed by atoms with van der Waals surface area (Å²) in [5.41, 5.74) is 10.3. The highest BCUT2D eigenvalue weighted by atomic mass is 35.5. The van der Waals surface area contributed by atoms with E-state index in [0.29, 0.717) is 6.54 Å². The first-order chi connectivity index (χ1) is 11.1. The van der Waals surface area contributed by atoms with Gasteiger partial charge in [0.2, 0.25) is 0 Å². The number of aliphatic hydroxyl groups excluding tert-OH is 1. The number of β-amino-alcohol motifs (C(OH)–C–C–N with tert-alkyl or cyclic N) is 1. The van der Waals surface area contributed by atoms with Crippen molar-refractivity contribution in [2.24, 2.45) is 11.7 Å². The predicted molar refractivity (Wildman–Crippen MR) is 105 cm³/mol. The Morgan fingerprint density at radius 1 is 1.20 bits per heavy atom. The molecule has 1 aliphatic heterocycles. The second-order valence-corrected chi connectivity index (χ2v) is 6.62. The van der Waals surface area contributed by atoms with Gasteiger partial charge >= 0.3 is 0 Å². The molecule has 1 aromatic heterocycles. The van der Waals surface area contributed by atoms with Gasteiger partial charge in [0.05, 0.1) is 11.8 Å². The number of aromatic amines is 1. The van der Waals surface area contributed by atoms with Crippen LogP contribution in [0.5, 0.6) is 0 Å². The summed E-state index contributed by atoms with van der Waals surface area (Å²) >= 11 is 0. The number of aliphatic hydroxyl groups is 1. The van der Waals surface area contributed by atoms with Crippen LogP contribution in [0.4, 0.5) is 0 Å². The molecule has 7 heteroatoms. The van der Waals surface area contributed by atoms with Crippen molar-refractivity contribution in [2.75, 3.05) is 19.6 Å². The van der Waals surface area contributed by atoms with Gasteiger partial charge in [-0.1, -0.05) is 24.3 Å². The molecule has 2 aromatic rings. The van der Waals surface area contributed by atoms with E-state index < -0.39 is 0 Å². The van der Waals surface area contributed by atoms with Crippen LogP contribution in [0.1, 0.15) is 22.5 Å². The molecule has 4 N–H and O–H groups in total. The zero-order valence-corrected chi connectivity index (χ0v) is 16.2. The van der Waals surface area contributed by atoms with E-state index in [1.807, 2.05) is 6.92 Å². The van der Waals surface area contributed by atoms with Gasteiger partial charge in [-0.15, -0.1) is 24.8 Å². The number of nitrogens with zero attached hydrogens (tertiary/aromatic N) is 2. The summed E-state index contributed by atoms with van der Waals surface area (Å²) < 4.78 is 0. The minimum Gasteiger partial charge on any atom is -0.391 e. The summed E-state index contributed by atoms with van der Waals surface area (Å²) in [5.74, 6) is 0.259. The summed E-state index contributed by atoms with van der Waals surface area (Å²) in [7, 11) is 0. The Bertz CT molecular complexity index is 632. The second kappa shape index (κ2) is 10.1. The zero-order chi connectivity index (χ0) is 16.2. The third-order valence-electron chi connectivity index (χ3n) is 4.57. The van der Waals surface area contributed by atoms with Crippen molar-refractivity contribution in [3.63, 3.8) is 0 Å². The minimum atomic E-state index is -0.275. The predicted octanol–water partition coefficient (Wildman–Crippen LogP) is 2.10. The maximum Gasteiger partial charge on any atom is 0.0711 e. The van der Waals surface area contributed by atoms with E-state index in [0.717, 1.165) is 43.9 Å². The molecule has 140 valence electrons. The Morgan fingerprint density at radius 3 is 2.48 bits per heavy atom. The molecule has 0 unspecified atom stereocenters. The molecular formula is C18H28Cl2N4O. The molecule has 1 aliphatic rings. The summed E-state index contributed by atoms with van der Waals surface area (Å²) in [6, 6.07) is 10.7. The lowest BCUT2D eigenvalue weighted by molar-refractivity contribution is 0.140. The van der Waals surface area contributed by atoms with Gasteiger partial charge in [0, 0.05) is 31.2 Å². The van der Waals surface area contributed by atoms with Crippen molar-refractivity contribution in [3.05, 3.63) is 52.8 Å². The van der Waals surface area contributed by atoms with Crippen LogP contribution in [0.2, 0.25) is 0 Å². The van der Waals surface area contributed by atoms with Gasteiger partial charge in [-0.2, -0.15) is 5.10 Å². The van der Waals surface area contributed by atoms with Gasteiger partial charge in [-0.05, 0) is 43.5 Å². The van der Waals surface area contributed by atoms with E-state index in [4.69, 9.17) is 5.73 Å². The van der Waals surface area contributed by atoms with Crippen LogP contribution in [-0.2, 0) is 19.4 Å². The van der Waals surface area contributed by atoms with Gasteiger partial charge in [-0.25, -0.2) is 0 Å². The molecule has 5 nitrogen and oxygen atoms in total.